The number of ether oxygens (including phenoxy) is 7. The molecule has 2 amide bonds. The smallest absolute Gasteiger partial charge is 0.320 e. The Labute approximate surface area is 330 Å². The second-order valence-corrected chi connectivity index (χ2v) is 14.3. The van der Waals surface area contributed by atoms with E-state index in [1.807, 2.05) is 15.9 Å². The van der Waals surface area contributed by atoms with E-state index in [-0.39, 0.29) is 29.3 Å². The zero-order valence-electron chi connectivity index (χ0n) is 32.3. The minimum atomic E-state index is 0.0729. The number of fused-ring (bicyclic) bond motifs is 2. The number of hydrogen-bond donors (Lipinski definition) is 2. The maximum atomic E-state index is 13.0. The minimum Gasteiger partial charge on any atom is -0.493 e. The average Bonchev–Trinajstić information content (AvgIpc) is 3.43. The number of halogens is 1. The van der Waals surface area contributed by atoms with Gasteiger partial charge in [-0.15, -0.1) is 0 Å². The predicted molar refractivity (Wildman–Crippen MR) is 212 cm³/mol. The Kier molecular flexibility index (Phi) is 12.1. The van der Waals surface area contributed by atoms with Crippen LogP contribution in [0.1, 0.15) is 44.9 Å². The third kappa shape index (κ3) is 8.05. The topological polar surface area (TPSA) is 195 Å². The number of methoxy groups -OCH3 is 4. The quantitative estimate of drug-likeness (QED) is 0.216. The van der Waals surface area contributed by atoms with Gasteiger partial charge in [-0.3, -0.25) is 0 Å². The van der Waals surface area contributed by atoms with Crippen LogP contribution in [0.4, 0.5) is 22.4 Å². The van der Waals surface area contributed by atoms with Crippen molar-refractivity contribution in [2.24, 2.45) is 0 Å². The van der Waals surface area contributed by atoms with Gasteiger partial charge in [0.25, 0.3) is 0 Å². The molecule has 4 fully saturated rings. The number of morpholine rings is 1. The van der Waals surface area contributed by atoms with Crippen molar-refractivity contribution in [3.8, 4) is 34.5 Å². The normalized spacial score (nSPS) is 17.6. The van der Waals surface area contributed by atoms with Crippen molar-refractivity contribution in [2.75, 3.05) is 97.3 Å². The standard InChI is InChI=1S/C24H34N6O5.C14H16ClN3O3/c1-32-18-15-17-19(21(20(18)33-2)35-16-5-3-6-16)22(25)27-23(26-17)28-7-4-8-29(10-9-28)24(31)30-11-13-34-14-12-30;1-19-9-6-8-10(13(16)18-14(15)17-8)12(11(9)20-2)21-7-4-3-5-7/h15-16H,3-14H2,1-2H3,(H2,25,26,27);6-7H,3-5H2,1-2H3,(H2,16,17,18). The summed E-state index contributed by atoms with van der Waals surface area (Å²) in [6, 6.07) is 3.60. The van der Waals surface area contributed by atoms with Crippen molar-refractivity contribution in [1.82, 2.24) is 29.7 Å². The molecule has 0 radical (unpaired) electrons. The highest BCUT2D eigenvalue weighted by atomic mass is 35.5. The minimum absolute atomic E-state index is 0.0729. The maximum absolute atomic E-state index is 13.0. The highest BCUT2D eigenvalue weighted by Crippen LogP contribution is 2.48. The number of nitrogens with two attached hydrogens (primary N) is 2. The van der Waals surface area contributed by atoms with E-state index < -0.39 is 0 Å². The van der Waals surface area contributed by atoms with Crippen LogP contribution in [0.5, 0.6) is 34.5 Å². The van der Waals surface area contributed by atoms with Crippen LogP contribution in [0, 0.1) is 0 Å². The third-order valence-electron chi connectivity index (χ3n) is 10.6. The summed E-state index contributed by atoms with van der Waals surface area (Å²) < 4.78 is 39.7. The molecule has 4 aliphatic rings. The number of carbonyl (C=O) groups excluding carboxylic acids is 1. The number of amides is 2. The lowest BCUT2D eigenvalue weighted by molar-refractivity contribution is 0.0438. The second-order valence-electron chi connectivity index (χ2n) is 14.0. The number of benzene rings is 2. The number of anilines is 3. The van der Waals surface area contributed by atoms with Gasteiger partial charge in [-0.2, -0.15) is 4.98 Å². The van der Waals surface area contributed by atoms with Gasteiger partial charge in [0.1, 0.15) is 11.6 Å². The van der Waals surface area contributed by atoms with E-state index >= 15 is 0 Å². The van der Waals surface area contributed by atoms with Crippen LogP contribution in [-0.4, -0.2) is 129 Å². The van der Waals surface area contributed by atoms with Crippen molar-refractivity contribution < 1.29 is 38.0 Å². The van der Waals surface area contributed by atoms with Crippen LogP contribution >= 0.6 is 11.6 Å². The summed E-state index contributed by atoms with van der Waals surface area (Å²) in [5.74, 6) is 4.25. The first-order valence-corrected chi connectivity index (χ1v) is 19.4. The Morgan fingerprint density at radius 2 is 1.20 bits per heavy atom. The van der Waals surface area contributed by atoms with Crippen LogP contribution in [-0.2, 0) is 4.74 Å². The van der Waals surface area contributed by atoms with Crippen molar-refractivity contribution in [2.45, 2.75) is 57.2 Å². The Bertz CT molecular complexity index is 2040. The van der Waals surface area contributed by atoms with Crippen molar-refractivity contribution in [3.05, 3.63) is 17.4 Å². The first kappa shape index (κ1) is 39.1. The lowest BCUT2D eigenvalue weighted by Crippen LogP contribution is -2.49. The Hall–Kier alpha value is -5.16. The van der Waals surface area contributed by atoms with E-state index in [1.165, 1.54) is 0 Å². The van der Waals surface area contributed by atoms with Gasteiger partial charge < -0.3 is 59.3 Å². The van der Waals surface area contributed by atoms with Gasteiger partial charge in [0.15, 0.2) is 23.0 Å². The molecular weight excluding hydrogens is 746 g/mol. The van der Waals surface area contributed by atoms with Gasteiger partial charge in [-0.1, -0.05) is 0 Å². The molecule has 2 saturated heterocycles. The van der Waals surface area contributed by atoms with Gasteiger partial charge in [-0.25, -0.2) is 19.7 Å². The molecule has 18 heteroatoms. The summed E-state index contributed by atoms with van der Waals surface area (Å²) in [7, 11) is 6.30. The molecule has 4 aromatic rings. The van der Waals surface area contributed by atoms with E-state index in [9.17, 15) is 4.79 Å². The summed E-state index contributed by atoms with van der Waals surface area (Å²) in [5, 5.41) is 1.32. The molecule has 2 aromatic heterocycles. The lowest BCUT2D eigenvalue weighted by atomic mass is 9.96. The molecule has 2 aliphatic heterocycles. The molecule has 4 N–H and O–H groups in total. The highest BCUT2D eigenvalue weighted by Gasteiger charge is 2.30. The summed E-state index contributed by atoms with van der Waals surface area (Å²) in [6.45, 7) is 5.11. The molecule has 0 spiro atoms. The maximum Gasteiger partial charge on any atom is 0.320 e. The number of rotatable bonds is 9. The predicted octanol–water partition coefficient (Wildman–Crippen LogP) is 4.94. The van der Waals surface area contributed by atoms with Crippen LogP contribution in [0.15, 0.2) is 12.1 Å². The average molecular weight is 796 g/mol. The monoisotopic (exact) mass is 795 g/mol. The molecule has 2 aromatic carbocycles. The summed E-state index contributed by atoms with van der Waals surface area (Å²) in [4.78, 5) is 36.5. The fourth-order valence-corrected chi connectivity index (χ4v) is 7.27. The number of hydrogen-bond acceptors (Lipinski definition) is 15. The van der Waals surface area contributed by atoms with Crippen molar-refractivity contribution >= 4 is 57.0 Å². The molecule has 0 bridgehead atoms. The molecular formula is C38H50ClN9O8. The zero-order chi connectivity index (χ0) is 39.3. The zero-order valence-corrected chi connectivity index (χ0v) is 33.1. The molecule has 56 heavy (non-hydrogen) atoms. The number of nitrogen functional groups attached to an aromatic ring is 2. The molecule has 2 saturated carbocycles. The van der Waals surface area contributed by atoms with Gasteiger partial charge in [0.2, 0.25) is 22.7 Å². The van der Waals surface area contributed by atoms with E-state index in [0.29, 0.717) is 114 Å². The van der Waals surface area contributed by atoms with Crippen LogP contribution in [0.2, 0.25) is 5.28 Å². The fraction of sp³-hybridized carbons (Fsp3) is 0.553. The summed E-state index contributed by atoms with van der Waals surface area (Å²) >= 11 is 5.87. The van der Waals surface area contributed by atoms with Gasteiger partial charge >= 0.3 is 6.03 Å². The van der Waals surface area contributed by atoms with Crippen molar-refractivity contribution in [3.63, 3.8) is 0 Å². The van der Waals surface area contributed by atoms with E-state index in [4.69, 9.17) is 61.2 Å². The SMILES string of the molecule is COc1cc2nc(Cl)nc(N)c2c(OC2CCC2)c1OC.COc1cc2nc(N3CCCN(C(=O)N4CCOCC4)CC3)nc(N)c2c(OC2CCC2)c1OC. The molecule has 4 heterocycles. The molecule has 17 nitrogen and oxygen atoms in total. The van der Waals surface area contributed by atoms with Crippen LogP contribution in [0.3, 0.4) is 0 Å². The molecule has 302 valence electrons. The Balaban J connectivity index is 0.000000195. The van der Waals surface area contributed by atoms with Gasteiger partial charge in [0, 0.05) is 51.4 Å². The van der Waals surface area contributed by atoms with E-state index in [2.05, 4.69) is 19.9 Å². The molecule has 0 atom stereocenters. The van der Waals surface area contributed by atoms with E-state index in [0.717, 1.165) is 51.5 Å². The van der Waals surface area contributed by atoms with Gasteiger partial charge in [0.05, 0.1) is 75.7 Å². The van der Waals surface area contributed by atoms with Crippen LogP contribution < -0.4 is 44.8 Å². The number of aromatic nitrogens is 4. The molecule has 2 aliphatic carbocycles. The summed E-state index contributed by atoms with van der Waals surface area (Å²) in [6.07, 6.45) is 7.41. The fourth-order valence-electron chi connectivity index (χ4n) is 7.08. The van der Waals surface area contributed by atoms with Gasteiger partial charge in [-0.05, 0) is 56.5 Å². The van der Waals surface area contributed by atoms with Crippen molar-refractivity contribution in [1.29, 1.82) is 0 Å². The molecule has 8 rings (SSSR count). The first-order valence-electron chi connectivity index (χ1n) is 19.0. The number of nitrogens with zero attached hydrogens (tertiary/aromatic N) is 7. The highest BCUT2D eigenvalue weighted by molar-refractivity contribution is 6.29. The van der Waals surface area contributed by atoms with E-state index in [1.54, 1.807) is 34.5 Å². The Morgan fingerprint density at radius 1 is 0.661 bits per heavy atom. The number of carbonyl (C=O) groups is 1. The Morgan fingerprint density at radius 3 is 1.71 bits per heavy atom. The van der Waals surface area contributed by atoms with Crippen LogP contribution in [0.25, 0.3) is 21.8 Å². The first-order chi connectivity index (χ1) is 27.2. The second kappa shape index (κ2) is 17.3. The lowest BCUT2D eigenvalue weighted by Gasteiger charge is -2.32. The largest absolute Gasteiger partial charge is 0.493 e. The molecule has 0 unspecified atom stereocenters. The summed E-state index contributed by atoms with van der Waals surface area (Å²) in [5.41, 5.74) is 13.7. The number of urea groups is 1. The third-order valence-corrected chi connectivity index (χ3v) is 10.8.